The molecule has 3 amide bonds. The third kappa shape index (κ3) is 7.66. The number of nitrogens with two attached hydrogens (primary N) is 1. The minimum Gasteiger partial charge on any atom is -0.493 e. The molecular weight excluding hydrogens is 635 g/mol. The topological polar surface area (TPSA) is 131 Å². The molecule has 4 aromatic carbocycles. The molecule has 13 heteroatoms. The molecule has 9 nitrogen and oxygen atoms in total. The summed E-state index contributed by atoms with van der Waals surface area (Å²) in [6.07, 6.45) is -0.356. The van der Waals surface area contributed by atoms with Gasteiger partial charge >= 0.3 is 0 Å². The molecule has 3 atom stereocenters. The molecule has 0 bridgehead atoms. The number of methoxy groups -OCH3 is 2. The Bertz CT molecular complexity index is 1930. The van der Waals surface area contributed by atoms with E-state index in [-0.39, 0.29) is 23.3 Å². The van der Waals surface area contributed by atoms with Crippen molar-refractivity contribution in [1.82, 2.24) is 5.32 Å². The molecule has 0 aliphatic carbocycles. The lowest BCUT2D eigenvalue weighted by atomic mass is 9.45. The highest BCUT2D eigenvalue weighted by molar-refractivity contribution is 8.01. The molecule has 5 rings (SSSR count). The van der Waals surface area contributed by atoms with Crippen LogP contribution >= 0.6 is 11.8 Å². The maximum atomic E-state index is 14.0. The van der Waals surface area contributed by atoms with Gasteiger partial charge in [-0.25, -0.2) is 0 Å². The average Bonchev–Trinajstić information content (AvgIpc) is 3.42. The number of primary amides is 1. The van der Waals surface area contributed by atoms with Crippen LogP contribution < -0.4 is 25.4 Å². The minimum absolute atomic E-state index is 0.0410. The molecule has 1 fully saturated rings. The first-order valence-corrected chi connectivity index (χ1v) is 16.0. The van der Waals surface area contributed by atoms with Crippen LogP contribution in [0.4, 0.5) is 5.69 Å². The van der Waals surface area contributed by atoms with Crippen molar-refractivity contribution in [3.63, 3.8) is 0 Å². The van der Waals surface area contributed by atoms with Crippen LogP contribution in [0.25, 0.3) is 0 Å². The number of hydrogen-bond acceptors (Lipinski definition) is 7. The second kappa shape index (κ2) is 14.6. The zero-order valence-electron chi connectivity index (χ0n) is 26.8. The van der Waals surface area contributed by atoms with Gasteiger partial charge in [-0.2, -0.15) is 0 Å². The number of anilines is 1. The highest BCUT2D eigenvalue weighted by Crippen LogP contribution is 2.47. The Labute approximate surface area is 293 Å². The lowest BCUT2D eigenvalue weighted by Gasteiger charge is -2.43. The summed E-state index contributed by atoms with van der Waals surface area (Å²) in [4.78, 5) is 40.8. The van der Waals surface area contributed by atoms with Crippen LogP contribution in [0, 0.1) is 11.8 Å². The van der Waals surface area contributed by atoms with Gasteiger partial charge in [0.05, 0.1) is 40.7 Å². The van der Waals surface area contributed by atoms with Crippen molar-refractivity contribution in [2.75, 3.05) is 19.1 Å². The van der Waals surface area contributed by atoms with E-state index in [1.807, 2.05) is 54.6 Å². The summed E-state index contributed by atoms with van der Waals surface area (Å²) >= 11 is 1.23. The van der Waals surface area contributed by atoms with Crippen LogP contribution in [0.1, 0.15) is 44.4 Å². The van der Waals surface area contributed by atoms with E-state index in [0.29, 0.717) is 11.4 Å². The van der Waals surface area contributed by atoms with Gasteiger partial charge in [0.15, 0.2) is 11.5 Å². The lowest BCUT2D eigenvalue weighted by molar-refractivity contribution is -0.125. The largest absolute Gasteiger partial charge is 0.493 e. The maximum absolute atomic E-state index is 14.0. The monoisotopic (exact) mass is 665 g/mol. The smallest absolute Gasteiger partial charge is 0.248 e. The van der Waals surface area contributed by atoms with E-state index in [2.05, 4.69) is 17.2 Å². The van der Waals surface area contributed by atoms with E-state index in [0.717, 1.165) is 16.7 Å². The molecule has 1 saturated heterocycles. The standard InChI is InChI=1S/C36H30B3N3O6S/c1-47-28-18-17-26(20-29(28)48-2)35(37,46)36(38,39)41-31(43)21-30-33(45)42(27-10-6-9-25(19-27)32(40)44)34(49-30)24-15-13-23(14-16-24)12-11-22-7-4-3-5-8-22/h3-10,13-20,30,34,46H,21H2,1-2H3,(H2,40,44)(H,41,43)/t30-,34+,35?/m1/s1. The summed E-state index contributed by atoms with van der Waals surface area (Å²) in [6, 6.07) is 27.7. The van der Waals surface area contributed by atoms with Gasteiger partial charge in [-0.1, -0.05) is 54.3 Å². The van der Waals surface area contributed by atoms with Crippen molar-refractivity contribution in [3.8, 4) is 23.3 Å². The Morgan fingerprint density at radius 1 is 0.898 bits per heavy atom. The molecule has 1 aliphatic rings. The summed E-state index contributed by atoms with van der Waals surface area (Å²) in [7, 11) is 21.4. The number of nitrogens with one attached hydrogen (secondary N) is 1. The molecule has 240 valence electrons. The van der Waals surface area contributed by atoms with E-state index in [1.54, 1.807) is 18.2 Å². The number of aliphatic hydroxyl groups is 1. The van der Waals surface area contributed by atoms with E-state index < -0.39 is 39.2 Å². The molecule has 1 heterocycles. The third-order valence-corrected chi connectivity index (χ3v) is 9.38. The Kier molecular flexibility index (Phi) is 10.5. The van der Waals surface area contributed by atoms with Gasteiger partial charge in [-0.05, 0) is 71.1 Å². The highest BCUT2D eigenvalue weighted by Gasteiger charge is 2.45. The molecular formula is C36H30B3N3O6S. The summed E-state index contributed by atoms with van der Waals surface area (Å²) < 4.78 is 10.5. The van der Waals surface area contributed by atoms with Crippen molar-refractivity contribution in [1.29, 1.82) is 0 Å². The van der Waals surface area contributed by atoms with Crippen LogP contribution in [0.15, 0.2) is 97.1 Å². The Morgan fingerprint density at radius 2 is 1.55 bits per heavy atom. The highest BCUT2D eigenvalue weighted by atomic mass is 32.2. The Morgan fingerprint density at radius 3 is 2.18 bits per heavy atom. The van der Waals surface area contributed by atoms with Crippen molar-refractivity contribution in [2.45, 2.75) is 27.9 Å². The first-order chi connectivity index (χ1) is 23.3. The number of benzene rings is 4. The van der Waals surface area contributed by atoms with E-state index in [4.69, 9.17) is 38.7 Å². The van der Waals surface area contributed by atoms with E-state index >= 15 is 0 Å². The van der Waals surface area contributed by atoms with Gasteiger partial charge in [0.25, 0.3) is 0 Å². The van der Waals surface area contributed by atoms with Gasteiger partial charge in [-0.15, -0.1) is 11.8 Å². The molecule has 1 unspecified atom stereocenters. The number of carbonyl (C=O) groups is 3. The first-order valence-electron chi connectivity index (χ1n) is 15.0. The molecule has 49 heavy (non-hydrogen) atoms. The summed E-state index contributed by atoms with van der Waals surface area (Å²) in [5.41, 5.74) is 6.14. The zero-order chi connectivity index (χ0) is 35.3. The van der Waals surface area contributed by atoms with E-state index in [1.165, 1.54) is 55.1 Å². The van der Waals surface area contributed by atoms with Crippen LogP contribution in [0.3, 0.4) is 0 Å². The number of ether oxygens (including phenoxy) is 2. The third-order valence-electron chi connectivity index (χ3n) is 7.94. The van der Waals surface area contributed by atoms with Crippen LogP contribution in [-0.2, 0) is 15.1 Å². The van der Waals surface area contributed by atoms with Gasteiger partial charge in [0.1, 0.15) is 13.2 Å². The van der Waals surface area contributed by atoms with E-state index in [9.17, 15) is 19.5 Å². The normalized spacial score (nSPS) is 17.0. The van der Waals surface area contributed by atoms with Gasteiger partial charge in [0, 0.05) is 28.8 Å². The molecule has 0 saturated carbocycles. The molecule has 0 aromatic heterocycles. The summed E-state index contributed by atoms with van der Waals surface area (Å²) in [6.45, 7) is 0. The fourth-order valence-electron chi connectivity index (χ4n) is 5.23. The van der Waals surface area contributed by atoms with Gasteiger partial charge in [0.2, 0.25) is 17.7 Å². The summed E-state index contributed by atoms with van der Waals surface area (Å²) in [5, 5.41) is 9.76. The lowest BCUT2D eigenvalue weighted by Crippen LogP contribution is -2.64. The van der Waals surface area contributed by atoms with Crippen molar-refractivity contribution in [2.24, 2.45) is 5.73 Å². The fraction of sp³-hybridized carbons (Fsp3) is 0.194. The molecule has 6 radical (unpaired) electrons. The summed E-state index contributed by atoms with van der Waals surface area (Å²) in [5.74, 6) is 5.09. The quantitative estimate of drug-likeness (QED) is 0.176. The van der Waals surface area contributed by atoms with Gasteiger partial charge < -0.3 is 25.6 Å². The number of nitrogens with zero attached hydrogens (tertiary/aromatic N) is 1. The fourth-order valence-corrected chi connectivity index (χ4v) is 6.68. The molecule has 4 N–H and O–H groups in total. The number of amides is 3. The number of thioether (sulfide) groups is 1. The number of hydrogen-bond donors (Lipinski definition) is 3. The predicted molar refractivity (Wildman–Crippen MR) is 192 cm³/mol. The van der Waals surface area contributed by atoms with Gasteiger partial charge in [-0.3, -0.25) is 19.3 Å². The van der Waals surface area contributed by atoms with Crippen LogP contribution in [0.2, 0.25) is 0 Å². The number of rotatable bonds is 10. The average molecular weight is 665 g/mol. The SMILES string of the molecule is [B]C([B])(NC(=O)C[C@H]1S[C@@H](c2ccc(C#Cc3ccccc3)cc2)N(c2cccc(C(N)=O)c2)C1=O)C([B])(O)c1ccc(OC)c(OC)c1. The predicted octanol–water partition coefficient (Wildman–Crippen LogP) is 2.86. The Hall–Kier alpha value is -5.05. The zero-order valence-corrected chi connectivity index (χ0v) is 27.6. The van der Waals surface area contributed by atoms with Crippen LogP contribution in [0.5, 0.6) is 11.5 Å². The van der Waals surface area contributed by atoms with Crippen molar-refractivity contribution in [3.05, 3.63) is 125 Å². The number of carbonyl (C=O) groups excluding carboxylic acids is 3. The van der Waals surface area contributed by atoms with Crippen LogP contribution in [-0.4, -0.2) is 71.2 Å². The molecule has 4 aromatic rings. The molecule has 1 aliphatic heterocycles. The maximum Gasteiger partial charge on any atom is 0.248 e. The van der Waals surface area contributed by atoms with Crippen molar-refractivity contribution >= 4 is 58.7 Å². The first kappa shape index (κ1) is 35.3. The second-order valence-corrected chi connectivity index (χ2v) is 12.6. The van der Waals surface area contributed by atoms with Crippen molar-refractivity contribution < 1.29 is 29.0 Å². The minimum atomic E-state index is -2.47. The molecule has 0 spiro atoms. The second-order valence-electron chi connectivity index (χ2n) is 11.3. The Balaban J connectivity index is 1.39.